The maximum absolute atomic E-state index is 3.55. The van der Waals surface area contributed by atoms with Crippen molar-refractivity contribution in [1.29, 1.82) is 0 Å². The number of nitrogens with one attached hydrogen (secondary N) is 1. The van der Waals surface area contributed by atoms with Crippen LogP contribution in [-0.4, -0.2) is 13.1 Å². The maximum Gasteiger partial charge on any atom is 0.0701 e. The minimum Gasteiger partial charge on any atom is -0.316 e. The quantitative estimate of drug-likeness (QED) is 0.801. The van der Waals surface area contributed by atoms with Crippen molar-refractivity contribution in [3.8, 4) is 0 Å². The predicted octanol–water partition coefficient (Wildman–Crippen LogP) is 4.75. The van der Waals surface area contributed by atoms with Crippen LogP contribution in [0.5, 0.6) is 0 Å². The molecule has 102 valence electrons. The number of aryl methyl sites for hydroxylation is 1. The monoisotopic (exact) mass is 337 g/mol. The first kappa shape index (κ1) is 14.8. The second-order valence-electron chi connectivity index (χ2n) is 4.77. The van der Waals surface area contributed by atoms with Gasteiger partial charge in [-0.1, -0.05) is 31.2 Å². The van der Waals surface area contributed by atoms with Gasteiger partial charge in [0, 0.05) is 17.3 Å². The van der Waals surface area contributed by atoms with Crippen molar-refractivity contribution in [1.82, 2.24) is 5.32 Å². The standard InChI is InChI=1S/C16H20BrNS/c1-3-18-11-13(10-14-8-9-16(17)19-14)15-7-5-4-6-12(15)2/h4-9,13,18H,3,10-11H2,1-2H3. The highest BCUT2D eigenvalue weighted by Crippen LogP contribution is 2.29. The van der Waals surface area contributed by atoms with E-state index in [1.165, 1.54) is 19.8 Å². The average Bonchev–Trinajstić information content (AvgIpc) is 2.81. The predicted molar refractivity (Wildman–Crippen MR) is 88.2 cm³/mol. The van der Waals surface area contributed by atoms with Crippen LogP contribution in [0, 0.1) is 6.92 Å². The Kier molecular flexibility index (Phi) is 5.61. The van der Waals surface area contributed by atoms with Gasteiger partial charge in [0.15, 0.2) is 0 Å². The number of rotatable bonds is 6. The summed E-state index contributed by atoms with van der Waals surface area (Å²) < 4.78 is 1.22. The van der Waals surface area contributed by atoms with Crippen molar-refractivity contribution in [2.24, 2.45) is 0 Å². The number of hydrogen-bond acceptors (Lipinski definition) is 2. The van der Waals surface area contributed by atoms with Gasteiger partial charge in [0.25, 0.3) is 0 Å². The molecule has 3 heteroatoms. The van der Waals surface area contributed by atoms with Crippen LogP contribution in [0.1, 0.15) is 28.8 Å². The zero-order chi connectivity index (χ0) is 13.7. The molecule has 0 saturated carbocycles. The third-order valence-electron chi connectivity index (χ3n) is 3.35. The molecule has 1 unspecified atom stereocenters. The highest BCUT2D eigenvalue weighted by atomic mass is 79.9. The fraction of sp³-hybridized carbons (Fsp3) is 0.375. The van der Waals surface area contributed by atoms with E-state index < -0.39 is 0 Å². The van der Waals surface area contributed by atoms with Gasteiger partial charge < -0.3 is 5.32 Å². The molecular formula is C16H20BrNS. The SMILES string of the molecule is CCNCC(Cc1ccc(Br)s1)c1ccccc1C. The zero-order valence-corrected chi connectivity index (χ0v) is 13.9. The Morgan fingerprint density at radius 2 is 2.00 bits per heavy atom. The summed E-state index contributed by atoms with van der Waals surface area (Å²) in [5, 5.41) is 3.49. The molecule has 19 heavy (non-hydrogen) atoms. The van der Waals surface area contributed by atoms with Crippen LogP contribution in [0.15, 0.2) is 40.2 Å². The summed E-state index contributed by atoms with van der Waals surface area (Å²) in [6, 6.07) is 13.1. The van der Waals surface area contributed by atoms with Gasteiger partial charge in [0.05, 0.1) is 3.79 Å². The average molecular weight is 338 g/mol. The Balaban J connectivity index is 2.18. The second-order valence-corrected chi connectivity index (χ2v) is 7.32. The number of benzene rings is 1. The van der Waals surface area contributed by atoms with Crippen LogP contribution in [0.4, 0.5) is 0 Å². The normalized spacial score (nSPS) is 12.6. The van der Waals surface area contributed by atoms with E-state index >= 15 is 0 Å². The van der Waals surface area contributed by atoms with Gasteiger partial charge in [-0.15, -0.1) is 11.3 Å². The van der Waals surface area contributed by atoms with E-state index in [1.54, 1.807) is 0 Å². The number of hydrogen-bond donors (Lipinski definition) is 1. The van der Waals surface area contributed by atoms with E-state index in [-0.39, 0.29) is 0 Å². The summed E-state index contributed by atoms with van der Waals surface area (Å²) in [5.74, 6) is 0.548. The molecule has 0 bridgehead atoms. The molecule has 0 radical (unpaired) electrons. The zero-order valence-electron chi connectivity index (χ0n) is 11.4. The molecule has 1 atom stereocenters. The van der Waals surface area contributed by atoms with E-state index in [4.69, 9.17) is 0 Å². The molecule has 0 spiro atoms. The topological polar surface area (TPSA) is 12.0 Å². The summed E-state index contributed by atoms with van der Waals surface area (Å²) in [7, 11) is 0. The van der Waals surface area contributed by atoms with Crippen LogP contribution < -0.4 is 5.32 Å². The van der Waals surface area contributed by atoms with Crippen molar-refractivity contribution in [3.63, 3.8) is 0 Å². The van der Waals surface area contributed by atoms with Gasteiger partial charge in [-0.05, 0) is 59.1 Å². The molecule has 1 aromatic heterocycles. The Morgan fingerprint density at radius 1 is 1.21 bits per heavy atom. The van der Waals surface area contributed by atoms with Crippen LogP contribution in [0.3, 0.4) is 0 Å². The Hall–Kier alpha value is -0.640. The van der Waals surface area contributed by atoms with Gasteiger partial charge in [-0.2, -0.15) is 0 Å². The van der Waals surface area contributed by atoms with Crippen molar-refractivity contribution in [2.75, 3.05) is 13.1 Å². The smallest absolute Gasteiger partial charge is 0.0701 e. The minimum atomic E-state index is 0.548. The lowest BCUT2D eigenvalue weighted by Gasteiger charge is -2.19. The molecule has 0 fully saturated rings. The summed E-state index contributed by atoms with van der Waals surface area (Å²) in [5.41, 5.74) is 2.86. The lowest BCUT2D eigenvalue weighted by Crippen LogP contribution is -2.23. The van der Waals surface area contributed by atoms with Gasteiger partial charge >= 0.3 is 0 Å². The van der Waals surface area contributed by atoms with E-state index in [2.05, 4.69) is 71.5 Å². The summed E-state index contributed by atoms with van der Waals surface area (Å²) >= 11 is 5.39. The molecule has 1 aromatic carbocycles. The highest BCUT2D eigenvalue weighted by molar-refractivity contribution is 9.11. The fourth-order valence-corrected chi connectivity index (χ4v) is 3.92. The second kappa shape index (κ2) is 7.22. The lowest BCUT2D eigenvalue weighted by molar-refractivity contribution is 0.596. The molecule has 0 aliphatic heterocycles. The van der Waals surface area contributed by atoms with Gasteiger partial charge in [-0.25, -0.2) is 0 Å². The molecular weight excluding hydrogens is 318 g/mol. The fourth-order valence-electron chi connectivity index (χ4n) is 2.36. The Bertz CT molecular complexity index is 521. The van der Waals surface area contributed by atoms with Crippen LogP contribution in [0.25, 0.3) is 0 Å². The number of likely N-dealkylation sites (N-methyl/N-ethyl adjacent to an activating group) is 1. The largest absolute Gasteiger partial charge is 0.316 e. The summed E-state index contributed by atoms with van der Waals surface area (Å²) in [6.45, 7) is 6.43. The molecule has 0 aliphatic carbocycles. The Morgan fingerprint density at radius 3 is 2.63 bits per heavy atom. The third kappa shape index (κ3) is 4.16. The van der Waals surface area contributed by atoms with Crippen LogP contribution in [0.2, 0.25) is 0 Å². The molecule has 1 nitrogen and oxygen atoms in total. The number of halogens is 1. The van der Waals surface area contributed by atoms with Gasteiger partial charge in [0.2, 0.25) is 0 Å². The molecule has 1 heterocycles. The molecule has 2 rings (SSSR count). The minimum absolute atomic E-state index is 0.548. The first-order valence-electron chi connectivity index (χ1n) is 6.71. The highest BCUT2D eigenvalue weighted by Gasteiger charge is 2.15. The van der Waals surface area contributed by atoms with E-state index in [1.807, 2.05) is 11.3 Å². The van der Waals surface area contributed by atoms with Crippen LogP contribution in [-0.2, 0) is 6.42 Å². The summed E-state index contributed by atoms with van der Waals surface area (Å²) in [6.07, 6.45) is 1.11. The van der Waals surface area contributed by atoms with Gasteiger partial charge in [0.1, 0.15) is 0 Å². The third-order valence-corrected chi connectivity index (χ3v) is 4.99. The molecule has 0 aliphatic rings. The lowest BCUT2D eigenvalue weighted by atomic mass is 9.91. The Labute approximate surface area is 128 Å². The molecule has 0 saturated heterocycles. The van der Waals surface area contributed by atoms with Crippen molar-refractivity contribution < 1.29 is 0 Å². The first-order chi connectivity index (χ1) is 9.20. The van der Waals surface area contributed by atoms with Crippen molar-refractivity contribution in [2.45, 2.75) is 26.2 Å². The van der Waals surface area contributed by atoms with E-state index in [0.29, 0.717) is 5.92 Å². The van der Waals surface area contributed by atoms with Crippen molar-refractivity contribution in [3.05, 3.63) is 56.2 Å². The van der Waals surface area contributed by atoms with Crippen LogP contribution >= 0.6 is 27.3 Å². The maximum atomic E-state index is 3.55. The van der Waals surface area contributed by atoms with E-state index in [9.17, 15) is 0 Å². The van der Waals surface area contributed by atoms with Crippen molar-refractivity contribution >= 4 is 27.3 Å². The molecule has 0 amide bonds. The van der Waals surface area contributed by atoms with E-state index in [0.717, 1.165) is 19.5 Å². The molecule has 1 N–H and O–H groups in total. The number of thiophene rings is 1. The summed E-state index contributed by atoms with van der Waals surface area (Å²) in [4.78, 5) is 1.44. The first-order valence-corrected chi connectivity index (χ1v) is 8.32. The van der Waals surface area contributed by atoms with Gasteiger partial charge in [-0.3, -0.25) is 0 Å². The molecule has 2 aromatic rings.